The minimum Gasteiger partial charge on any atom is -0.463 e. The molecule has 2 N–H and O–H groups in total. The Bertz CT molecular complexity index is 497. The Balaban J connectivity index is 3.63. The van der Waals surface area contributed by atoms with E-state index in [0.717, 1.165) is 19.3 Å². The Morgan fingerprint density at radius 2 is 1.39 bits per heavy atom. The molecule has 0 aromatic rings. The van der Waals surface area contributed by atoms with E-state index in [2.05, 4.69) is 6.92 Å². The zero-order valence-electron chi connectivity index (χ0n) is 20.2. The fraction of sp³-hybridized carbons (Fsp3) is 0.955. The highest BCUT2D eigenvalue weighted by Gasteiger charge is 2.24. The molecule has 8 nitrogen and oxygen atoms in total. The molecule has 2 atom stereocenters. The van der Waals surface area contributed by atoms with Gasteiger partial charge in [-0.15, -0.1) is 0 Å². The molecule has 0 saturated carbocycles. The molecule has 0 rings (SSSR count). The molecule has 186 valence electrons. The Hall–Kier alpha value is -0.500. The van der Waals surface area contributed by atoms with Gasteiger partial charge in [0.2, 0.25) is 0 Å². The smallest absolute Gasteiger partial charge is 0.463 e. The van der Waals surface area contributed by atoms with Crippen LogP contribution in [0.1, 0.15) is 84.0 Å². The highest BCUT2D eigenvalue weighted by Crippen LogP contribution is 2.43. The fourth-order valence-electron chi connectivity index (χ4n) is 2.89. The first-order valence-electron chi connectivity index (χ1n) is 11.8. The van der Waals surface area contributed by atoms with Gasteiger partial charge in [0.25, 0.3) is 0 Å². The van der Waals surface area contributed by atoms with Crippen LogP contribution in [0.25, 0.3) is 0 Å². The predicted molar refractivity (Wildman–Crippen MR) is 123 cm³/mol. The quantitative estimate of drug-likeness (QED) is 0.111. The molecule has 0 aromatic carbocycles. The van der Waals surface area contributed by atoms with Crippen molar-refractivity contribution >= 4 is 13.8 Å². The molecule has 31 heavy (non-hydrogen) atoms. The van der Waals surface area contributed by atoms with E-state index in [9.17, 15) is 19.4 Å². The van der Waals surface area contributed by atoms with Gasteiger partial charge in [-0.2, -0.15) is 0 Å². The fourth-order valence-corrected chi connectivity index (χ4v) is 3.64. The number of carbonyl (C=O) groups excluding carboxylic acids is 1. The van der Waals surface area contributed by atoms with Crippen molar-refractivity contribution in [2.75, 3.05) is 47.5 Å². The first kappa shape index (κ1) is 30.5. The van der Waals surface area contributed by atoms with Crippen LogP contribution in [0, 0.1) is 0 Å². The molecule has 0 amide bonds. The predicted octanol–water partition coefficient (Wildman–Crippen LogP) is 4.43. The Morgan fingerprint density at radius 1 is 0.871 bits per heavy atom. The van der Waals surface area contributed by atoms with Crippen LogP contribution in [0.2, 0.25) is 0 Å². The summed E-state index contributed by atoms with van der Waals surface area (Å²) in [5.41, 5.74) is 0. The number of quaternary nitrogens is 1. The maximum atomic E-state index is 11.8. The van der Waals surface area contributed by atoms with E-state index in [1.807, 2.05) is 21.1 Å². The van der Waals surface area contributed by atoms with Crippen molar-refractivity contribution in [2.45, 2.75) is 90.1 Å². The van der Waals surface area contributed by atoms with Crippen LogP contribution >= 0.6 is 7.82 Å². The summed E-state index contributed by atoms with van der Waals surface area (Å²) in [7, 11) is 1.56. The summed E-state index contributed by atoms with van der Waals surface area (Å²) in [5, 5.41) is 9.78. The zero-order valence-corrected chi connectivity index (χ0v) is 21.1. The van der Waals surface area contributed by atoms with Gasteiger partial charge in [-0.25, -0.2) is 4.57 Å². The number of esters is 1. The van der Waals surface area contributed by atoms with Gasteiger partial charge in [0.15, 0.2) is 0 Å². The van der Waals surface area contributed by atoms with Gasteiger partial charge in [0.1, 0.15) is 25.9 Å². The molecular weight excluding hydrogens is 421 g/mol. The molecule has 0 aliphatic heterocycles. The largest absolute Gasteiger partial charge is 0.472 e. The van der Waals surface area contributed by atoms with Crippen LogP contribution in [-0.4, -0.2) is 74.1 Å². The molecule has 0 heterocycles. The molecule has 0 saturated heterocycles. The lowest BCUT2D eigenvalue weighted by Crippen LogP contribution is -2.37. The van der Waals surface area contributed by atoms with Gasteiger partial charge in [0, 0.05) is 6.42 Å². The highest BCUT2D eigenvalue weighted by molar-refractivity contribution is 7.47. The lowest BCUT2D eigenvalue weighted by atomic mass is 10.1. The minimum absolute atomic E-state index is 0.0569. The van der Waals surface area contributed by atoms with E-state index in [1.54, 1.807) is 0 Å². The number of carbonyl (C=O) groups is 1. The van der Waals surface area contributed by atoms with Crippen LogP contribution in [0.15, 0.2) is 0 Å². The number of unbranched alkanes of at least 4 members (excludes halogenated alkanes) is 10. The van der Waals surface area contributed by atoms with Crippen LogP contribution in [-0.2, 0) is 23.1 Å². The monoisotopic (exact) mass is 468 g/mol. The summed E-state index contributed by atoms with van der Waals surface area (Å²) >= 11 is 0. The Kier molecular flexibility index (Phi) is 17.7. The third-order valence-electron chi connectivity index (χ3n) is 4.87. The molecule has 0 spiro atoms. The number of hydrogen-bond donors (Lipinski definition) is 2. The van der Waals surface area contributed by atoms with Gasteiger partial charge in [-0.3, -0.25) is 13.8 Å². The van der Waals surface area contributed by atoms with Gasteiger partial charge in [-0.05, 0) is 6.42 Å². The number of hydrogen-bond acceptors (Lipinski definition) is 6. The highest BCUT2D eigenvalue weighted by atomic mass is 31.2. The van der Waals surface area contributed by atoms with E-state index in [-0.39, 0.29) is 19.2 Å². The molecule has 9 heteroatoms. The first-order valence-corrected chi connectivity index (χ1v) is 13.3. The Labute approximate surface area is 189 Å². The topological polar surface area (TPSA) is 102 Å². The normalized spacial score (nSPS) is 14.9. The number of ether oxygens (including phenoxy) is 1. The number of aliphatic hydroxyl groups is 1. The molecule has 0 fully saturated rings. The molecule has 0 aliphatic carbocycles. The summed E-state index contributed by atoms with van der Waals surface area (Å²) in [6.07, 6.45) is 12.4. The first-order chi connectivity index (χ1) is 14.6. The van der Waals surface area contributed by atoms with Crippen molar-refractivity contribution in [3.8, 4) is 0 Å². The van der Waals surface area contributed by atoms with Gasteiger partial charge in [-0.1, -0.05) is 71.1 Å². The van der Waals surface area contributed by atoms with Crippen molar-refractivity contribution in [3.05, 3.63) is 0 Å². The molecular formula is C22H47NO7P+. The number of phosphoric ester groups is 1. The molecule has 2 unspecified atom stereocenters. The number of phosphoric acid groups is 1. The standard InChI is InChI=1S/C22H46NO7P/c1-5-6-7-8-9-10-11-12-13-14-15-16-22(25)28-19-21(24)20-30-31(26,27)29-18-17-23(2,3)4/h21,24H,5-20H2,1-4H3/p+1. The average molecular weight is 469 g/mol. The number of aliphatic hydroxyl groups excluding tert-OH is 1. The van der Waals surface area contributed by atoms with E-state index in [4.69, 9.17) is 13.8 Å². The van der Waals surface area contributed by atoms with E-state index in [1.165, 1.54) is 51.4 Å². The lowest BCUT2D eigenvalue weighted by Gasteiger charge is -2.24. The summed E-state index contributed by atoms with van der Waals surface area (Å²) < 4.78 is 26.9. The number of nitrogens with zero attached hydrogens (tertiary/aromatic N) is 1. The molecule has 0 aromatic heterocycles. The van der Waals surface area contributed by atoms with Crippen molar-refractivity contribution in [1.82, 2.24) is 0 Å². The maximum absolute atomic E-state index is 11.8. The molecule has 0 radical (unpaired) electrons. The summed E-state index contributed by atoms with van der Waals surface area (Å²) in [6.45, 7) is 2.11. The van der Waals surface area contributed by atoms with Crippen molar-refractivity contribution in [2.24, 2.45) is 0 Å². The summed E-state index contributed by atoms with van der Waals surface area (Å²) in [5.74, 6) is -0.374. The van der Waals surface area contributed by atoms with Gasteiger partial charge in [0.05, 0.1) is 27.7 Å². The molecule has 0 aliphatic rings. The van der Waals surface area contributed by atoms with Crippen molar-refractivity contribution < 1.29 is 37.6 Å². The maximum Gasteiger partial charge on any atom is 0.472 e. The van der Waals surface area contributed by atoms with Crippen molar-refractivity contribution in [3.63, 3.8) is 0 Å². The SMILES string of the molecule is CCCCCCCCCCCCCC(=O)OCC(O)COP(=O)(O)OCC[N+](C)(C)C. The summed E-state index contributed by atoms with van der Waals surface area (Å²) in [6, 6.07) is 0. The third kappa shape index (κ3) is 22.5. The minimum atomic E-state index is -4.23. The molecule has 0 bridgehead atoms. The Morgan fingerprint density at radius 3 is 1.90 bits per heavy atom. The van der Waals surface area contributed by atoms with Crippen LogP contribution < -0.4 is 0 Å². The van der Waals surface area contributed by atoms with Gasteiger partial charge < -0.3 is 19.2 Å². The second-order valence-corrected chi connectivity index (χ2v) is 10.7. The van der Waals surface area contributed by atoms with E-state index < -0.39 is 20.5 Å². The van der Waals surface area contributed by atoms with Gasteiger partial charge >= 0.3 is 13.8 Å². The van der Waals surface area contributed by atoms with Crippen LogP contribution in [0.5, 0.6) is 0 Å². The zero-order chi connectivity index (χ0) is 23.6. The van der Waals surface area contributed by atoms with Crippen LogP contribution in [0.3, 0.4) is 0 Å². The van der Waals surface area contributed by atoms with Crippen LogP contribution in [0.4, 0.5) is 0 Å². The third-order valence-corrected chi connectivity index (χ3v) is 5.85. The summed E-state index contributed by atoms with van der Waals surface area (Å²) in [4.78, 5) is 21.3. The number of rotatable bonds is 21. The number of likely N-dealkylation sites (N-methyl/N-ethyl adjacent to an activating group) is 1. The van der Waals surface area contributed by atoms with E-state index >= 15 is 0 Å². The average Bonchev–Trinajstić information content (AvgIpc) is 2.67. The van der Waals surface area contributed by atoms with Crippen molar-refractivity contribution in [1.29, 1.82) is 0 Å². The van der Waals surface area contributed by atoms with E-state index in [0.29, 0.717) is 17.4 Å². The second kappa shape index (κ2) is 18.0. The second-order valence-electron chi connectivity index (χ2n) is 9.23. The lowest BCUT2D eigenvalue weighted by molar-refractivity contribution is -0.870.